The Kier molecular flexibility index (Phi) is 3.92. The smallest absolute Gasteiger partial charge is 0.317 e. The average molecular weight is 248 g/mol. The number of nitrogens with one attached hydrogen (secondary N) is 1. The standard InChI is InChI=1S/C13H19N3O2/c1-14-13(17)16-9-7-15(8-10-16)11-5-3-4-6-12(11)18-2/h3-6H,7-10H2,1-2H3,(H,14,17)/i1-1. The number of hydrogen-bond donors (Lipinski definition) is 1. The Balaban J connectivity index is 2.03. The molecular weight excluding hydrogens is 229 g/mol. The van der Waals surface area contributed by atoms with E-state index in [1.807, 2.05) is 29.2 Å². The Morgan fingerprint density at radius 1 is 1.22 bits per heavy atom. The van der Waals surface area contributed by atoms with Gasteiger partial charge in [-0.2, -0.15) is 0 Å². The first-order chi connectivity index (χ1) is 8.76. The van der Waals surface area contributed by atoms with Gasteiger partial charge in [-0.1, -0.05) is 12.1 Å². The summed E-state index contributed by atoms with van der Waals surface area (Å²) in [5.41, 5.74) is 1.09. The Morgan fingerprint density at radius 3 is 2.50 bits per heavy atom. The molecule has 0 aliphatic carbocycles. The third-order valence-electron chi connectivity index (χ3n) is 3.21. The van der Waals surface area contributed by atoms with Crippen molar-refractivity contribution in [2.45, 2.75) is 0 Å². The molecule has 5 nitrogen and oxygen atoms in total. The molecule has 1 aromatic rings. The van der Waals surface area contributed by atoms with Crippen LogP contribution in [0.5, 0.6) is 5.75 Å². The molecule has 1 fully saturated rings. The number of carbonyl (C=O) groups excluding carboxylic acids is 1. The summed E-state index contributed by atoms with van der Waals surface area (Å²) in [6.07, 6.45) is 0. The number of benzene rings is 1. The minimum absolute atomic E-state index is 0.00493. The van der Waals surface area contributed by atoms with Crippen LogP contribution in [0.2, 0.25) is 0 Å². The van der Waals surface area contributed by atoms with Crippen molar-refractivity contribution in [1.29, 1.82) is 0 Å². The summed E-state index contributed by atoms with van der Waals surface area (Å²) in [6, 6.07) is 7.97. The molecule has 0 bridgehead atoms. The first-order valence-electron chi connectivity index (χ1n) is 6.11. The fraction of sp³-hybridized carbons (Fsp3) is 0.462. The molecule has 1 aliphatic heterocycles. The Bertz CT molecular complexity index is 414. The molecule has 5 heteroatoms. The Morgan fingerprint density at radius 2 is 1.89 bits per heavy atom. The maximum Gasteiger partial charge on any atom is 0.317 e. The van der Waals surface area contributed by atoms with E-state index in [0.717, 1.165) is 37.6 Å². The van der Waals surface area contributed by atoms with Crippen molar-refractivity contribution in [1.82, 2.24) is 10.2 Å². The highest BCUT2D eigenvalue weighted by atomic mass is 16.5. The maximum absolute atomic E-state index is 11.5. The quantitative estimate of drug-likeness (QED) is 0.854. The summed E-state index contributed by atoms with van der Waals surface area (Å²) in [6.45, 7) is 3.12. The molecule has 0 radical (unpaired) electrons. The zero-order valence-corrected chi connectivity index (χ0v) is 10.8. The number of carbonyl (C=O) groups is 1. The van der Waals surface area contributed by atoms with Crippen molar-refractivity contribution in [3.05, 3.63) is 24.3 Å². The van der Waals surface area contributed by atoms with Crippen LogP contribution >= 0.6 is 0 Å². The molecule has 0 saturated carbocycles. The zero-order chi connectivity index (χ0) is 13.0. The number of urea groups is 1. The van der Waals surface area contributed by atoms with Gasteiger partial charge in [0, 0.05) is 33.2 Å². The molecule has 0 atom stereocenters. The molecule has 1 N–H and O–H groups in total. The number of rotatable bonds is 2. The van der Waals surface area contributed by atoms with Gasteiger partial charge in [-0.25, -0.2) is 4.79 Å². The molecule has 1 aliphatic rings. The van der Waals surface area contributed by atoms with Crippen LogP contribution in [0.25, 0.3) is 0 Å². The van der Waals surface area contributed by atoms with Crippen LogP contribution in [-0.2, 0) is 0 Å². The highest BCUT2D eigenvalue weighted by molar-refractivity contribution is 5.74. The lowest BCUT2D eigenvalue weighted by Crippen LogP contribution is -2.51. The second-order valence-corrected chi connectivity index (χ2v) is 4.20. The van der Waals surface area contributed by atoms with Crippen LogP contribution in [0.1, 0.15) is 0 Å². The number of hydrogen-bond acceptors (Lipinski definition) is 3. The third kappa shape index (κ3) is 2.50. The normalized spacial score (nSPS) is 15.4. The van der Waals surface area contributed by atoms with Crippen LogP contribution < -0.4 is 15.0 Å². The fourth-order valence-corrected chi connectivity index (χ4v) is 2.20. The summed E-state index contributed by atoms with van der Waals surface area (Å²) in [4.78, 5) is 15.6. The van der Waals surface area contributed by atoms with E-state index in [2.05, 4.69) is 10.2 Å². The highest BCUT2D eigenvalue weighted by Crippen LogP contribution is 2.28. The summed E-state index contributed by atoms with van der Waals surface area (Å²) >= 11 is 0. The number of piperazine rings is 1. The SMILES string of the molecule is COc1ccccc1N1CCN(C(=O)N[11CH3])CC1. The predicted molar refractivity (Wildman–Crippen MR) is 71.2 cm³/mol. The molecule has 18 heavy (non-hydrogen) atoms. The van der Waals surface area contributed by atoms with E-state index in [1.54, 1.807) is 14.2 Å². The molecule has 0 spiro atoms. The van der Waals surface area contributed by atoms with E-state index in [-0.39, 0.29) is 6.03 Å². The van der Waals surface area contributed by atoms with E-state index in [0.29, 0.717) is 0 Å². The molecule has 0 unspecified atom stereocenters. The lowest BCUT2D eigenvalue weighted by molar-refractivity contribution is 0.196. The van der Waals surface area contributed by atoms with Crippen molar-refractivity contribution < 1.29 is 9.53 Å². The minimum atomic E-state index is -0.00493. The van der Waals surface area contributed by atoms with Crippen LogP contribution in [0.15, 0.2) is 24.3 Å². The van der Waals surface area contributed by atoms with Crippen molar-refractivity contribution in [3.8, 4) is 5.75 Å². The van der Waals surface area contributed by atoms with Crippen molar-refractivity contribution in [2.24, 2.45) is 0 Å². The van der Waals surface area contributed by atoms with Crippen LogP contribution in [0.3, 0.4) is 0 Å². The van der Waals surface area contributed by atoms with Crippen LogP contribution in [-0.4, -0.2) is 51.3 Å². The Hall–Kier alpha value is -1.91. The van der Waals surface area contributed by atoms with Gasteiger partial charge in [-0.15, -0.1) is 0 Å². The average Bonchev–Trinajstić information content (AvgIpc) is 2.46. The maximum atomic E-state index is 11.5. The second-order valence-electron chi connectivity index (χ2n) is 4.20. The van der Waals surface area contributed by atoms with E-state index in [9.17, 15) is 4.79 Å². The largest absolute Gasteiger partial charge is 0.495 e. The van der Waals surface area contributed by atoms with Crippen LogP contribution in [0, 0.1) is 0 Å². The highest BCUT2D eigenvalue weighted by Gasteiger charge is 2.21. The van der Waals surface area contributed by atoms with E-state index < -0.39 is 0 Å². The molecular formula is C13H19N3O2. The molecule has 1 saturated heterocycles. The van der Waals surface area contributed by atoms with Gasteiger partial charge in [0.2, 0.25) is 0 Å². The fourth-order valence-electron chi connectivity index (χ4n) is 2.20. The van der Waals surface area contributed by atoms with Gasteiger partial charge in [0.15, 0.2) is 0 Å². The first-order valence-corrected chi connectivity index (χ1v) is 6.11. The number of para-hydroxylation sites is 2. The van der Waals surface area contributed by atoms with Crippen LogP contribution in [0.4, 0.5) is 10.5 Å². The third-order valence-corrected chi connectivity index (χ3v) is 3.21. The molecule has 0 aromatic heterocycles. The summed E-state index contributed by atoms with van der Waals surface area (Å²) in [5, 5.41) is 2.66. The molecule has 1 aromatic carbocycles. The molecule has 1 heterocycles. The summed E-state index contributed by atoms with van der Waals surface area (Å²) < 4.78 is 5.36. The van der Waals surface area contributed by atoms with Gasteiger partial charge in [-0.3, -0.25) is 0 Å². The van der Waals surface area contributed by atoms with Crippen molar-refractivity contribution in [2.75, 3.05) is 45.2 Å². The van der Waals surface area contributed by atoms with Gasteiger partial charge in [0.05, 0.1) is 12.8 Å². The van der Waals surface area contributed by atoms with Gasteiger partial charge in [0.25, 0.3) is 0 Å². The van der Waals surface area contributed by atoms with E-state index >= 15 is 0 Å². The van der Waals surface area contributed by atoms with Crippen molar-refractivity contribution in [3.63, 3.8) is 0 Å². The lowest BCUT2D eigenvalue weighted by atomic mass is 10.2. The number of amides is 2. The topological polar surface area (TPSA) is 44.8 Å². The molecule has 2 amide bonds. The number of ether oxygens (including phenoxy) is 1. The molecule has 2 rings (SSSR count). The zero-order valence-electron chi connectivity index (χ0n) is 10.8. The summed E-state index contributed by atoms with van der Waals surface area (Å²) in [5.74, 6) is 0.880. The minimum Gasteiger partial charge on any atom is -0.495 e. The molecule has 98 valence electrons. The van der Waals surface area contributed by atoms with Gasteiger partial charge >= 0.3 is 6.03 Å². The number of anilines is 1. The number of nitrogens with zero attached hydrogens (tertiary/aromatic N) is 2. The first kappa shape index (κ1) is 12.5. The van der Waals surface area contributed by atoms with Gasteiger partial charge in [-0.05, 0) is 12.1 Å². The Labute approximate surface area is 107 Å². The second kappa shape index (κ2) is 5.62. The monoisotopic (exact) mass is 248 g/mol. The van der Waals surface area contributed by atoms with Crippen molar-refractivity contribution >= 4 is 11.7 Å². The predicted octanol–water partition coefficient (Wildman–Crippen LogP) is 1.16. The summed E-state index contributed by atoms with van der Waals surface area (Å²) in [7, 11) is 3.34. The van der Waals surface area contributed by atoms with E-state index in [4.69, 9.17) is 4.74 Å². The van der Waals surface area contributed by atoms with Gasteiger partial charge in [0.1, 0.15) is 5.75 Å². The lowest BCUT2D eigenvalue weighted by Gasteiger charge is -2.36. The van der Waals surface area contributed by atoms with E-state index in [1.165, 1.54) is 0 Å². The number of methoxy groups -OCH3 is 1. The van der Waals surface area contributed by atoms with Gasteiger partial charge < -0.3 is 19.9 Å².